The number of Topliss-reactive ketones (excluding diaryl/α,β-unsaturated/α-hetero) is 2. The summed E-state index contributed by atoms with van der Waals surface area (Å²) in [4.78, 5) is 41.1. The molecule has 0 N–H and O–H groups in total. The van der Waals surface area contributed by atoms with Crippen molar-refractivity contribution in [3.05, 3.63) is 41.1 Å². The van der Waals surface area contributed by atoms with Gasteiger partial charge in [-0.3, -0.25) is 19.3 Å². The Hall–Kier alpha value is -2.39. The molecule has 0 spiro atoms. The largest absolute Gasteiger partial charge is 0.494 e. The Labute approximate surface area is 424 Å². The molecule has 71 heavy (non-hydrogen) atoms. The van der Waals surface area contributed by atoms with Crippen molar-refractivity contribution in [3.63, 3.8) is 0 Å². The number of benzene rings is 1. The van der Waals surface area contributed by atoms with Gasteiger partial charge in [0.1, 0.15) is 23.9 Å². The fourth-order valence-corrected chi connectivity index (χ4v) is 13.6. The lowest BCUT2D eigenvalue weighted by Gasteiger charge is -2.50. The van der Waals surface area contributed by atoms with Crippen LogP contribution in [0.5, 0.6) is 5.75 Å². The number of nitrogens with zero attached hydrogens (tertiary/aromatic N) is 2. The quantitative estimate of drug-likeness (QED) is 0.0329. The summed E-state index contributed by atoms with van der Waals surface area (Å²) in [7, 11) is 8.61. The number of aryl methyl sites for hydroxylation is 1. The fraction of sp³-hybridized carbons (Fsp3) is 0.788. The zero-order chi connectivity index (χ0) is 51.4. The van der Waals surface area contributed by atoms with E-state index in [1.165, 1.54) is 16.0 Å². The number of likely N-dealkylation sites (N-methyl/N-ethyl adjacent to an activating group) is 1. The second-order valence-corrected chi connectivity index (χ2v) is 23.2. The number of ketones is 2. The summed E-state index contributed by atoms with van der Waals surface area (Å²) in [6, 6.07) is 6.65. The predicted octanol–water partition coefficient (Wildman–Crippen LogP) is 11.1. The van der Waals surface area contributed by atoms with Crippen molar-refractivity contribution in [2.45, 2.75) is 171 Å². The SMILES string of the molecule is COCC1OC(N2C=C(CCC(=O)CCCCCCCSSCCCOc3ccc4c(c3)CCC3C4CCC4(C)C(OCCN(C)CCOC(C)(C(F)(F)F)C(F)(F)F)CCC34)C(=O)CC2=O)CC1OC. The zero-order valence-electron chi connectivity index (χ0n) is 42.2. The van der Waals surface area contributed by atoms with Crippen LogP contribution < -0.4 is 4.74 Å². The normalized spacial score (nSPS) is 27.0. The molecule has 3 fully saturated rings. The third kappa shape index (κ3) is 14.9. The third-order valence-electron chi connectivity index (χ3n) is 15.8. The summed E-state index contributed by atoms with van der Waals surface area (Å²) >= 11 is 0. The molecule has 11 nitrogen and oxygen atoms in total. The van der Waals surface area contributed by atoms with E-state index in [9.17, 15) is 40.7 Å². The molecule has 8 unspecified atom stereocenters. The molecule has 5 aliphatic rings. The highest BCUT2D eigenvalue weighted by atomic mass is 33.1. The lowest BCUT2D eigenvalue weighted by atomic mass is 9.55. The number of allylic oxidation sites excluding steroid dienone is 1. The van der Waals surface area contributed by atoms with Crippen LogP contribution in [0.4, 0.5) is 26.3 Å². The molecule has 19 heteroatoms. The number of fused-ring (bicyclic) bond motifs is 5. The molecular weight excluding hydrogens is 975 g/mol. The molecule has 3 aliphatic carbocycles. The maximum absolute atomic E-state index is 13.2. The van der Waals surface area contributed by atoms with E-state index in [1.807, 2.05) is 21.6 Å². The Morgan fingerprint density at radius 3 is 2.35 bits per heavy atom. The fourth-order valence-electron chi connectivity index (χ4n) is 11.4. The predicted molar refractivity (Wildman–Crippen MR) is 262 cm³/mol. The molecule has 402 valence electrons. The molecule has 2 heterocycles. The first kappa shape index (κ1) is 57.9. The van der Waals surface area contributed by atoms with Gasteiger partial charge in [0.05, 0.1) is 45.1 Å². The topological polar surface area (TPSA) is 113 Å². The van der Waals surface area contributed by atoms with Crippen LogP contribution >= 0.6 is 21.6 Å². The molecule has 1 saturated heterocycles. The minimum Gasteiger partial charge on any atom is -0.494 e. The van der Waals surface area contributed by atoms with Gasteiger partial charge in [-0.05, 0) is 125 Å². The number of rotatable bonds is 29. The zero-order valence-corrected chi connectivity index (χ0v) is 43.8. The van der Waals surface area contributed by atoms with Gasteiger partial charge in [-0.1, -0.05) is 53.8 Å². The van der Waals surface area contributed by atoms with Crippen LogP contribution in [0, 0.1) is 17.3 Å². The Kier molecular flexibility index (Phi) is 21.5. The molecule has 0 bridgehead atoms. The number of halogens is 6. The van der Waals surface area contributed by atoms with Gasteiger partial charge in [0.15, 0.2) is 5.78 Å². The van der Waals surface area contributed by atoms with E-state index in [0.29, 0.717) is 69.0 Å². The highest BCUT2D eigenvalue weighted by molar-refractivity contribution is 8.76. The van der Waals surface area contributed by atoms with Gasteiger partial charge in [0.2, 0.25) is 5.91 Å². The van der Waals surface area contributed by atoms with Gasteiger partial charge in [-0.2, -0.15) is 26.3 Å². The third-order valence-corrected chi connectivity index (χ3v) is 18.4. The van der Waals surface area contributed by atoms with Crippen LogP contribution in [0.3, 0.4) is 0 Å². The molecule has 1 aromatic carbocycles. The van der Waals surface area contributed by atoms with E-state index >= 15 is 0 Å². The van der Waals surface area contributed by atoms with E-state index in [4.69, 9.17) is 23.7 Å². The van der Waals surface area contributed by atoms with Crippen LogP contribution in [0.2, 0.25) is 0 Å². The van der Waals surface area contributed by atoms with Crippen molar-refractivity contribution >= 4 is 39.1 Å². The number of hydrogen-bond acceptors (Lipinski definition) is 12. The van der Waals surface area contributed by atoms with Crippen molar-refractivity contribution < 1.29 is 69.1 Å². The van der Waals surface area contributed by atoms with Crippen molar-refractivity contribution in [1.29, 1.82) is 0 Å². The van der Waals surface area contributed by atoms with Gasteiger partial charge < -0.3 is 33.3 Å². The van der Waals surface area contributed by atoms with E-state index in [0.717, 1.165) is 94.3 Å². The summed E-state index contributed by atoms with van der Waals surface area (Å²) in [6.45, 7) is 3.30. The summed E-state index contributed by atoms with van der Waals surface area (Å²) in [5, 5.41) is 0. The van der Waals surface area contributed by atoms with Gasteiger partial charge in [-0.15, -0.1) is 0 Å². The average molecular weight is 1050 g/mol. The lowest BCUT2D eigenvalue weighted by Crippen LogP contribution is -2.57. The van der Waals surface area contributed by atoms with Crippen molar-refractivity contribution in [2.75, 3.05) is 72.3 Å². The van der Waals surface area contributed by atoms with E-state index in [1.54, 1.807) is 32.4 Å². The lowest BCUT2D eigenvalue weighted by molar-refractivity contribution is -0.374. The van der Waals surface area contributed by atoms with Gasteiger partial charge in [0.25, 0.3) is 5.60 Å². The molecule has 6 rings (SSSR count). The van der Waals surface area contributed by atoms with Gasteiger partial charge >= 0.3 is 12.4 Å². The number of carbonyl (C=O) groups excluding carboxylic acids is 3. The summed E-state index contributed by atoms with van der Waals surface area (Å²) in [6.07, 6.45) is 3.26. The van der Waals surface area contributed by atoms with Crippen LogP contribution in [0.25, 0.3) is 0 Å². The number of unbranched alkanes of at least 4 members (excludes halogenated alkanes) is 4. The van der Waals surface area contributed by atoms with Crippen LogP contribution in [-0.2, 0) is 44.5 Å². The Morgan fingerprint density at radius 2 is 1.62 bits per heavy atom. The highest BCUT2D eigenvalue weighted by Crippen LogP contribution is 2.61. The molecular formula is C52H76F6N2O9S2. The standard InChI is InChI=1S/C52H76F6N2O9S2/c1-49-22-21-40-39-18-16-38(30-35(39)14-17-41(40)42(49)19-20-46(49)67-26-23-59(3)24-27-68-50(2,51(53,54)55)52(56,57)58)66-25-11-29-71-70-28-10-8-6-7-9-12-37(61)15-13-36-33-60(47(63)31-43(36)62)48-32-44(65-5)45(69-48)34-64-4/h16,18,30,33,40-42,44-46,48H,6-15,17,19-29,31-32,34H2,1-5H3. The smallest absolute Gasteiger partial charge is 0.426 e. The van der Waals surface area contributed by atoms with E-state index in [-0.39, 0.29) is 67.5 Å². The van der Waals surface area contributed by atoms with E-state index < -0.39 is 30.8 Å². The average Bonchev–Trinajstić information content (AvgIpc) is 3.89. The molecule has 2 aliphatic heterocycles. The maximum Gasteiger partial charge on any atom is 0.426 e. The maximum atomic E-state index is 13.2. The molecule has 1 aromatic rings. The number of carbonyl (C=O) groups is 3. The van der Waals surface area contributed by atoms with Crippen molar-refractivity contribution in [1.82, 2.24) is 9.80 Å². The minimum atomic E-state index is -5.57. The van der Waals surface area contributed by atoms with Crippen LogP contribution in [0.1, 0.15) is 134 Å². The van der Waals surface area contributed by atoms with Crippen molar-refractivity contribution in [2.24, 2.45) is 17.3 Å². The molecule has 0 aromatic heterocycles. The molecule has 1 amide bonds. The van der Waals surface area contributed by atoms with E-state index in [2.05, 4.69) is 29.9 Å². The molecule has 8 atom stereocenters. The molecule has 2 saturated carbocycles. The first-order valence-electron chi connectivity index (χ1n) is 25.6. The second kappa shape index (κ2) is 26.4. The van der Waals surface area contributed by atoms with Gasteiger partial charge in [-0.25, -0.2) is 0 Å². The number of ether oxygens (including phenoxy) is 6. The number of methoxy groups -OCH3 is 2. The number of alkyl halides is 6. The summed E-state index contributed by atoms with van der Waals surface area (Å²) in [5.74, 6) is 4.24. The second-order valence-electron chi connectivity index (χ2n) is 20.5. The monoisotopic (exact) mass is 1050 g/mol. The highest BCUT2D eigenvalue weighted by Gasteiger charge is 2.69. The van der Waals surface area contributed by atoms with Gasteiger partial charge in [0, 0.05) is 69.9 Å². The molecule has 0 radical (unpaired) electrons. The van der Waals surface area contributed by atoms with Crippen molar-refractivity contribution in [3.8, 4) is 5.75 Å². The Morgan fingerprint density at radius 1 is 0.901 bits per heavy atom. The van der Waals surface area contributed by atoms with Crippen LogP contribution in [0.15, 0.2) is 30.0 Å². The summed E-state index contributed by atoms with van der Waals surface area (Å²) < 4.78 is 113. The Balaban J connectivity index is 0.785. The first-order valence-corrected chi connectivity index (χ1v) is 28.1. The Bertz CT molecular complexity index is 1930. The minimum absolute atomic E-state index is 0.0255. The first-order chi connectivity index (χ1) is 33.8. The van der Waals surface area contributed by atoms with Crippen LogP contribution in [-0.4, -0.2) is 142 Å². The number of amides is 1. The summed E-state index contributed by atoms with van der Waals surface area (Å²) in [5.41, 5.74) is -0.863. The number of hydrogen-bond donors (Lipinski definition) is 0.